The Balaban J connectivity index is 1.72. The number of aliphatic imine (C=N–C) groups is 1. The van der Waals surface area contributed by atoms with Gasteiger partial charge in [0.1, 0.15) is 11.9 Å². The Kier molecular flexibility index (Phi) is 4.93. The van der Waals surface area contributed by atoms with Crippen LogP contribution in [0.2, 0.25) is 0 Å². The van der Waals surface area contributed by atoms with Gasteiger partial charge in [-0.2, -0.15) is 0 Å². The van der Waals surface area contributed by atoms with Crippen LogP contribution in [0, 0.1) is 11.8 Å². The molecule has 0 N–H and O–H groups in total. The molecule has 0 saturated heterocycles. The van der Waals surface area contributed by atoms with E-state index in [0.29, 0.717) is 12.3 Å². The Labute approximate surface area is 160 Å². The second-order valence-corrected chi connectivity index (χ2v) is 7.49. The van der Waals surface area contributed by atoms with Gasteiger partial charge in [-0.15, -0.1) is 0 Å². The maximum atomic E-state index is 13.9. The lowest BCUT2D eigenvalue weighted by Crippen LogP contribution is -2.20. The molecule has 2 aromatic carbocycles. The maximum Gasteiger partial charge on any atom is 0.213 e. The molecular formula is C24H24FNO. The first kappa shape index (κ1) is 17.7. The lowest BCUT2D eigenvalue weighted by atomic mass is 9.84. The van der Waals surface area contributed by atoms with Crippen LogP contribution in [0.1, 0.15) is 43.5 Å². The quantitative estimate of drug-likeness (QED) is 0.621. The standard InChI is InChI=1S/C24H24FNO/c1-16(2)21-15-19(25)13-14-20(21)24-26-22(17-9-5-3-6-10-17)23(27-24)18-11-7-4-8-12-18/h3-12,14-16,21-23H,13H2,1-2H3/t21-,22+,23+/m0/s1. The molecule has 0 spiro atoms. The maximum absolute atomic E-state index is 13.9. The van der Waals surface area contributed by atoms with Crippen LogP contribution in [0.5, 0.6) is 0 Å². The van der Waals surface area contributed by atoms with Crippen LogP contribution in [-0.4, -0.2) is 5.90 Å². The van der Waals surface area contributed by atoms with Crippen molar-refractivity contribution < 1.29 is 9.13 Å². The van der Waals surface area contributed by atoms with Crippen molar-refractivity contribution in [1.82, 2.24) is 0 Å². The van der Waals surface area contributed by atoms with E-state index >= 15 is 0 Å². The van der Waals surface area contributed by atoms with Gasteiger partial charge in [-0.1, -0.05) is 80.6 Å². The van der Waals surface area contributed by atoms with Crippen LogP contribution in [0.15, 0.2) is 89.2 Å². The molecule has 0 aromatic heterocycles. The number of hydrogen-bond acceptors (Lipinski definition) is 2. The van der Waals surface area contributed by atoms with Crippen LogP contribution < -0.4 is 0 Å². The highest BCUT2D eigenvalue weighted by atomic mass is 19.1. The van der Waals surface area contributed by atoms with Crippen molar-refractivity contribution in [2.24, 2.45) is 16.8 Å². The molecule has 1 heterocycles. The summed E-state index contributed by atoms with van der Waals surface area (Å²) in [7, 11) is 0. The van der Waals surface area contributed by atoms with E-state index in [1.165, 1.54) is 0 Å². The first-order chi connectivity index (χ1) is 13.1. The Morgan fingerprint density at radius 2 is 1.59 bits per heavy atom. The molecule has 3 heteroatoms. The Bertz CT molecular complexity index is 883. The molecule has 2 aromatic rings. The third-order valence-corrected chi connectivity index (χ3v) is 5.25. The van der Waals surface area contributed by atoms with Crippen LogP contribution in [0.4, 0.5) is 4.39 Å². The summed E-state index contributed by atoms with van der Waals surface area (Å²) >= 11 is 0. The topological polar surface area (TPSA) is 21.6 Å². The minimum atomic E-state index is -0.173. The third kappa shape index (κ3) is 3.59. The normalized spacial score (nSPS) is 24.9. The van der Waals surface area contributed by atoms with Gasteiger partial charge in [0, 0.05) is 17.9 Å². The van der Waals surface area contributed by atoms with Crippen LogP contribution >= 0.6 is 0 Å². The van der Waals surface area contributed by atoms with Gasteiger partial charge >= 0.3 is 0 Å². The number of allylic oxidation sites excluding steroid dienone is 3. The summed E-state index contributed by atoms with van der Waals surface area (Å²) in [6.45, 7) is 4.21. The highest BCUT2D eigenvalue weighted by Crippen LogP contribution is 2.43. The van der Waals surface area contributed by atoms with E-state index in [1.54, 1.807) is 6.08 Å². The Morgan fingerprint density at radius 3 is 2.22 bits per heavy atom. The van der Waals surface area contributed by atoms with Crippen molar-refractivity contribution in [3.8, 4) is 0 Å². The van der Waals surface area contributed by atoms with Gasteiger partial charge in [0.25, 0.3) is 0 Å². The van der Waals surface area contributed by atoms with E-state index in [9.17, 15) is 4.39 Å². The SMILES string of the molecule is CC(C)[C@@H]1C=C(F)CC=C1C1=N[C@H](c2ccccc2)[C@@H](c2ccccc2)O1. The molecule has 0 radical (unpaired) electrons. The molecule has 0 unspecified atom stereocenters. The second-order valence-electron chi connectivity index (χ2n) is 7.49. The van der Waals surface area contributed by atoms with Crippen molar-refractivity contribution in [1.29, 1.82) is 0 Å². The van der Waals surface area contributed by atoms with E-state index in [0.717, 1.165) is 16.7 Å². The molecular weight excluding hydrogens is 337 g/mol. The average molecular weight is 361 g/mol. The summed E-state index contributed by atoms with van der Waals surface area (Å²) in [6, 6.07) is 20.3. The molecule has 4 rings (SSSR count). The van der Waals surface area contributed by atoms with Crippen molar-refractivity contribution in [2.75, 3.05) is 0 Å². The highest BCUT2D eigenvalue weighted by Gasteiger charge is 2.37. The molecule has 138 valence electrons. The van der Waals surface area contributed by atoms with Crippen molar-refractivity contribution in [3.63, 3.8) is 0 Å². The fraction of sp³-hybridized carbons (Fsp3) is 0.292. The van der Waals surface area contributed by atoms with Gasteiger partial charge in [0.15, 0.2) is 6.10 Å². The van der Waals surface area contributed by atoms with Gasteiger partial charge in [-0.05, 0) is 23.1 Å². The Hall–Kier alpha value is -2.68. The van der Waals surface area contributed by atoms with E-state index in [2.05, 4.69) is 38.1 Å². The number of hydrogen-bond donors (Lipinski definition) is 0. The first-order valence-electron chi connectivity index (χ1n) is 9.54. The molecule has 0 fully saturated rings. The summed E-state index contributed by atoms with van der Waals surface area (Å²) in [5, 5.41) is 0. The fourth-order valence-electron chi connectivity index (χ4n) is 3.82. The van der Waals surface area contributed by atoms with Crippen LogP contribution in [0.3, 0.4) is 0 Å². The van der Waals surface area contributed by atoms with Gasteiger partial charge in [-0.25, -0.2) is 9.38 Å². The smallest absolute Gasteiger partial charge is 0.213 e. The zero-order valence-corrected chi connectivity index (χ0v) is 15.7. The number of benzene rings is 2. The van der Waals surface area contributed by atoms with Gasteiger partial charge in [0.2, 0.25) is 5.90 Å². The molecule has 0 saturated carbocycles. The summed E-state index contributed by atoms with van der Waals surface area (Å²) in [5.74, 6) is 0.846. The minimum absolute atomic E-state index is 0.0107. The number of nitrogens with zero attached hydrogens (tertiary/aromatic N) is 1. The average Bonchev–Trinajstić information content (AvgIpc) is 3.14. The molecule has 0 bridgehead atoms. The summed E-state index contributed by atoms with van der Waals surface area (Å²) in [6.07, 6.45) is 3.80. The summed E-state index contributed by atoms with van der Waals surface area (Å²) in [4.78, 5) is 4.97. The molecule has 1 aliphatic carbocycles. The highest BCUT2D eigenvalue weighted by molar-refractivity contribution is 5.96. The van der Waals surface area contributed by atoms with E-state index in [1.807, 2.05) is 42.5 Å². The zero-order valence-electron chi connectivity index (χ0n) is 15.7. The van der Waals surface area contributed by atoms with Gasteiger partial charge in [-0.3, -0.25) is 0 Å². The van der Waals surface area contributed by atoms with Crippen molar-refractivity contribution in [3.05, 3.63) is 95.3 Å². The van der Waals surface area contributed by atoms with Gasteiger partial charge in [0.05, 0.1) is 0 Å². The fourth-order valence-corrected chi connectivity index (χ4v) is 3.82. The molecule has 0 amide bonds. The molecule has 2 nitrogen and oxygen atoms in total. The summed E-state index contributed by atoms with van der Waals surface area (Å²) in [5.41, 5.74) is 3.23. The summed E-state index contributed by atoms with van der Waals surface area (Å²) < 4.78 is 20.3. The predicted molar refractivity (Wildman–Crippen MR) is 107 cm³/mol. The number of rotatable bonds is 4. The Morgan fingerprint density at radius 1 is 0.963 bits per heavy atom. The monoisotopic (exact) mass is 361 g/mol. The third-order valence-electron chi connectivity index (χ3n) is 5.25. The van der Waals surface area contributed by atoms with E-state index in [-0.39, 0.29) is 29.8 Å². The molecule has 2 aliphatic rings. The molecule has 3 atom stereocenters. The van der Waals surface area contributed by atoms with Crippen molar-refractivity contribution >= 4 is 5.90 Å². The second kappa shape index (κ2) is 7.51. The largest absolute Gasteiger partial charge is 0.467 e. The molecule has 1 aliphatic heterocycles. The number of ether oxygens (including phenoxy) is 1. The van der Waals surface area contributed by atoms with Crippen LogP contribution in [0.25, 0.3) is 0 Å². The lowest BCUT2D eigenvalue weighted by Gasteiger charge is -2.24. The predicted octanol–water partition coefficient (Wildman–Crippen LogP) is 6.35. The molecule has 27 heavy (non-hydrogen) atoms. The minimum Gasteiger partial charge on any atom is -0.467 e. The zero-order chi connectivity index (χ0) is 18.8. The number of halogens is 1. The van der Waals surface area contributed by atoms with Crippen molar-refractivity contribution in [2.45, 2.75) is 32.4 Å². The van der Waals surface area contributed by atoms with E-state index < -0.39 is 0 Å². The van der Waals surface area contributed by atoms with Crippen LogP contribution in [-0.2, 0) is 4.74 Å². The van der Waals surface area contributed by atoms with E-state index in [4.69, 9.17) is 9.73 Å². The lowest BCUT2D eigenvalue weighted by molar-refractivity contribution is 0.195. The first-order valence-corrected chi connectivity index (χ1v) is 9.54. The van der Waals surface area contributed by atoms with Gasteiger partial charge < -0.3 is 4.74 Å².